The highest BCUT2D eigenvalue weighted by atomic mass is 16.1. The summed E-state index contributed by atoms with van der Waals surface area (Å²) in [6.07, 6.45) is 2.79. The van der Waals surface area contributed by atoms with Crippen molar-refractivity contribution in [3.05, 3.63) is 63.7 Å². The van der Waals surface area contributed by atoms with E-state index in [1.54, 1.807) is 6.08 Å². The van der Waals surface area contributed by atoms with Crippen LogP contribution in [0.4, 0.5) is 11.4 Å². The van der Waals surface area contributed by atoms with Gasteiger partial charge in [0.05, 0.1) is 0 Å². The van der Waals surface area contributed by atoms with Gasteiger partial charge in [-0.1, -0.05) is 19.1 Å². The van der Waals surface area contributed by atoms with Gasteiger partial charge in [0.15, 0.2) is 0 Å². The van der Waals surface area contributed by atoms with Gasteiger partial charge in [-0.2, -0.15) is 5.26 Å². The zero-order valence-corrected chi connectivity index (χ0v) is 19.8. The summed E-state index contributed by atoms with van der Waals surface area (Å²) in [5.74, 6) is 0.0348. The first-order chi connectivity index (χ1) is 14.6. The van der Waals surface area contributed by atoms with Gasteiger partial charge in [0, 0.05) is 23.5 Å². The molecule has 2 aromatic rings. The zero-order chi connectivity index (χ0) is 22.9. The lowest BCUT2D eigenvalue weighted by atomic mass is 9.79. The lowest BCUT2D eigenvalue weighted by Gasteiger charge is -2.47. The fourth-order valence-corrected chi connectivity index (χ4v) is 4.79. The fraction of sp³-hybridized carbons (Fsp3) is 0.407. The van der Waals surface area contributed by atoms with Gasteiger partial charge in [-0.3, -0.25) is 4.79 Å². The van der Waals surface area contributed by atoms with E-state index in [4.69, 9.17) is 0 Å². The molecule has 0 saturated heterocycles. The van der Waals surface area contributed by atoms with Crippen LogP contribution in [-0.2, 0) is 4.79 Å². The van der Waals surface area contributed by atoms with Gasteiger partial charge < -0.3 is 10.2 Å². The molecule has 1 unspecified atom stereocenters. The highest BCUT2D eigenvalue weighted by molar-refractivity contribution is 6.10. The maximum atomic E-state index is 12.8. The topological polar surface area (TPSA) is 56.1 Å². The van der Waals surface area contributed by atoms with E-state index in [-0.39, 0.29) is 17.0 Å². The van der Waals surface area contributed by atoms with Gasteiger partial charge in [0.1, 0.15) is 11.6 Å². The van der Waals surface area contributed by atoms with Crippen LogP contribution in [-0.4, -0.2) is 18.0 Å². The first-order valence-electron chi connectivity index (χ1n) is 11.0. The predicted octanol–water partition coefficient (Wildman–Crippen LogP) is 6.27. The SMILES string of the molecule is CCN1c2cc(C)c(/C=C(\C#N)C(=O)Nc3cccc(C)c3C)cc2C(C)CC1(C)C. The molecule has 0 aromatic heterocycles. The van der Waals surface area contributed by atoms with Gasteiger partial charge in [-0.05, 0) is 106 Å². The molecule has 4 nitrogen and oxygen atoms in total. The Morgan fingerprint density at radius 2 is 1.97 bits per heavy atom. The summed E-state index contributed by atoms with van der Waals surface area (Å²) < 4.78 is 0. The minimum atomic E-state index is -0.377. The van der Waals surface area contributed by atoms with Crippen LogP contribution in [0.25, 0.3) is 6.08 Å². The number of nitriles is 1. The minimum absolute atomic E-state index is 0.105. The number of carbonyl (C=O) groups is 1. The van der Waals surface area contributed by atoms with Crippen molar-refractivity contribution >= 4 is 23.4 Å². The Balaban J connectivity index is 1.98. The van der Waals surface area contributed by atoms with Crippen LogP contribution in [0.2, 0.25) is 0 Å². The largest absolute Gasteiger partial charge is 0.366 e. The van der Waals surface area contributed by atoms with Gasteiger partial charge in [0.25, 0.3) is 5.91 Å². The first-order valence-corrected chi connectivity index (χ1v) is 11.0. The van der Waals surface area contributed by atoms with Gasteiger partial charge in [-0.15, -0.1) is 0 Å². The number of anilines is 2. The van der Waals surface area contributed by atoms with Gasteiger partial charge >= 0.3 is 0 Å². The van der Waals surface area contributed by atoms with Crippen LogP contribution in [0.3, 0.4) is 0 Å². The normalized spacial score (nSPS) is 17.7. The van der Waals surface area contributed by atoms with Crippen LogP contribution in [0.15, 0.2) is 35.9 Å². The third-order valence-corrected chi connectivity index (χ3v) is 6.61. The van der Waals surface area contributed by atoms with E-state index in [1.165, 1.54) is 11.3 Å². The van der Waals surface area contributed by atoms with E-state index in [0.717, 1.165) is 40.9 Å². The molecule has 0 spiro atoms. The summed E-state index contributed by atoms with van der Waals surface area (Å²) >= 11 is 0. The van der Waals surface area contributed by atoms with Crippen molar-refractivity contribution in [1.82, 2.24) is 0 Å². The highest BCUT2D eigenvalue weighted by Crippen LogP contribution is 2.44. The number of fused-ring (bicyclic) bond motifs is 1. The van der Waals surface area contributed by atoms with Crippen molar-refractivity contribution in [2.45, 2.75) is 66.3 Å². The molecule has 31 heavy (non-hydrogen) atoms. The summed E-state index contributed by atoms with van der Waals surface area (Å²) in [4.78, 5) is 15.3. The molecule has 0 radical (unpaired) electrons. The number of amides is 1. The summed E-state index contributed by atoms with van der Waals surface area (Å²) in [5, 5.41) is 12.6. The smallest absolute Gasteiger partial charge is 0.266 e. The molecule has 4 heteroatoms. The highest BCUT2D eigenvalue weighted by Gasteiger charge is 2.35. The van der Waals surface area contributed by atoms with Crippen LogP contribution in [0, 0.1) is 32.1 Å². The number of benzene rings is 2. The molecule has 2 aromatic carbocycles. The van der Waals surface area contributed by atoms with E-state index in [2.05, 4.69) is 56.1 Å². The van der Waals surface area contributed by atoms with Crippen LogP contribution < -0.4 is 10.2 Å². The Bertz CT molecular complexity index is 1090. The van der Waals surface area contributed by atoms with E-state index in [1.807, 2.05) is 39.0 Å². The molecular weight excluding hydrogens is 382 g/mol. The molecule has 3 rings (SSSR count). The van der Waals surface area contributed by atoms with E-state index < -0.39 is 0 Å². The number of aryl methyl sites for hydroxylation is 2. The van der Waals surface area contributed by atoms with Crippen molar-refractivity contribution in [2.24, 2.45) is 0 Å². The monoisotopic (exact) mass is 415 g/mol. The third kappa shape index (κ3) is 4.37. The van der Waals surface area contributed by atoms with E-state index in [0.29, 0.717) is 5.92 Å². The number of hydrogen-bond donors (Lipinski definition) is 1. The molecule has 1 N–H and O–H groups in total. The van der Waals surface area contributed by atoms with Gasteiger partial charge in [-0.25, -0.2) is 0 Å². The molecular formula is C27H33N3O. The maximum absolute atomic E-state index is 12.8. The Morgan fingerprint density at radius 3 is 2.61 bits per heavy atom. The van der Waals surface area contributed by atoms with Crippen molar-refractivity contribution in [2.75, 3.05) is 16.8 Å². The predicted molar refractivity (Wildman–Crippen MR) is 129 cm³/mol. The lowest BCUT2D eigenvalue weighted by molar-refractivity contribution is -0.112. The summed E-state index contributed by atoms with van der Waals surface area (Å²) in [5.41, 5.74) is 7.60. The molecule has 1 heterocycles. The Kier molecular flexibility index (Phi) is 6.27. The molecule has 0 saturated carbocycles. The van der Waals surface area contributed by atoms with E-state index >= 15 is 0 Å². The van der Waals surface area contributed by atoms with Crippen LogP contribution in [0.1, 0.15) is 67.9 Å². The Hall–Kier alpha value is -3.06. The zero-order valence-electron chi connectivity index (χ0n) is 19.8. The average molecular weight is 416 g/mol. The maximum Gasteiger partial charge on any atom is 0.266 e. The fourth-order valence-electron chi connectivity index (χ4n) is 4.79. The molecule has 0 aliphatic carbocycles. The number of nitrogens with one attached hydrogen (secondary N) is 1. The lowest BCUT2D eigenvalue weighted by Crippen LogP contribution is -2.48. The second-order valence-corrected chi connectivity index (χ2v) is 9.30. The summed E-state index contributed by atoms with van der Waals surface area (Å²) in [6, 6.07) is 12.2. The molecule has 1 aliphatic heterocycles. The number of nitrogens with zero attached hydrogens (tertiary/aromatic N) is 2. The summed E-state index contributed by atoms with van der Waals surface area (Å²) in [7, 11) is 0. The van der Waals surface area contributed by atoms with Crippen LogP contribution in [0.5, 0.6) is 0 Å². The van der Waals surface area contributed by atoms with Crippen molar-refractivity contribution in [3.63, 3.8) is 0 Å². The molecule has 0 bridgehead atoms. The number of hydrogen-bond acceptors (Lipinski definition) is 3. The summed E-state index contributed by atoms with van der Waals surface area (Å²) in [6.45, 7) is 16.0. The molecule has 0 fully saturated rings. The first kappa shape index (κ1) is 22.6. The second-order valence-electron chi connectivity index (χ2n) is 9.30. The second kappa shape index (κ2) is 8.59. The molecule has 1 aliphatic rings. The van der Waals surface area contributed by atoms with Gasteiger partial charge in [0.2, 0.25) is 0 Å². The Labute approximate surface area is 186 Å². The van der Waals surface area contributed by atoms with Crippen molar-refractivity contribution in [3.8, 4) is 6.07 Å². The third-order valence-electron chi connectivity index (χ3n) is 6.61. The van der Waals surface area contributed by atoms with Crippen molar-refractivity contribution in [1.29, 1.82) is 5.26 Å². The van der Waals surface area contributed by atoms with Crippen LogP contribution >= 0.6 is 0 Å². The van der Waals surface area contributed by atoms with E-state index in [9.17, 15) is 10.1 Å². The Morgan fingerprint density at radius 1 is 1.26 bits per heavy atom. The van der Waals surface area contributed by atoms with Crippen molar-refractivity contribution < 1.29 is 4.79 Å². The quantitative estimate of drug-likeness (QED) is 0.473. The number of rotatable bonds is 4. The molecule has 162 valence electrons. The molecule has 1 atom stereocenters. The average Bonchev–Trinajstić information content (AvgIpc) is 2.69. The number of carbonyl (C=O) groups excluding carboxylic acids is 1. The molecule has 1 amide bonds. The minimum Gasteiger partial charge on any atom is -0.366 e. The standard InChI is InChI=1S/C27H33N3O/c1-8-30-25-12-18(3)21(14-23(25)19(4)15-27(30,6)7)13-22(16-28)26(31)29-24-11-9-10-17(2)20(24)5/h9-14,19H,8,15H2,1-7H3,(H,29,31)/b22-13+.